The van der Waals surface area contributed by atoms with Gasteiger partial charge in [-0.2, -0.15) is 0 Å². The maximum absolute atomic E-state index is 12.5. The van der Waals surface area contributed by atoms with Crippen LogP contribution in [0.15, 0.2) is 40.8 Å². The highest BCUT2D eigenvalue weighted by Gasteiger charge is 2.31. The molecule has 7 heteroatoms. The van der Waals surface area contributed by atoms with Gasteiger partial charge in [-0.05, 0) is 62.4 Å². The van der Waals surface area contributed by atoms with Crippen molar-refractivity contribution in [3.8, 4) is 5.75 Å². The smallest absolute Gasteiger partial charge is 0.225 e. The minimum atomic E-state index is -3.31. The molecular formula is C21H32N2O4S. The number of nitrogens with two attached hydrogens (primary N) is 1. The van der Waals surface area contributed by atoms with Gasteiger partial charge in [-0.1, -0.05) is 12.5 Å². The molecule has 0 spiro atoms. The molecule has 1 aromatic rings. The fraction of sp³-hybridized carbons (Fsp3) is 0.571. The average molecular weight is 409 g/mol. The molecule has 0 aliphatic heterocycles. The summed E-state index contributed by atoms with van der Waals surface area (Å²) in [5.74, 6) is 1.19. The van der Waals surface area contributed by atoms with E-state index in [1.54, 1.807) is 29.2 Å². The molecule has 0 atom stereocenters. The van der Waals surface area contributed by atoms with Crippen molar-refractivity contribution in [2.75, 3.05) is 32.5 Å². The minimum Gasteiger partial charge on any atom is -0.489 e. The Morgan fingerprint density at radius 3 is 2.46 bits per heavy atom. The van der Waals surface area contributed by atoms with E-state index in [-0.39, 0.29) is 17.6 Å². The van der Waals surface area contributed by atoms with Crippen LogP contribution in [0.2, 0.25) is 0 Å². The quantitative estimate of drug-likeness (QED) is 0.424. The number of nitrogens with zero attached hydrogens (tertiary/aromatic N) is 1. The molecule has 1 saturated carbocycles. The maximum atomic E-state index is 12.5. The SMILES string of the molecule is C/C=C(\CN)COc1ccc(S(=O)(=O)CCCCCN(C)C(=O)C2CC2)cc1. The number of carbonyl (C=O) groups is 1. The fourth-order valence-corrected chi connectivity index (χ4v) is 4.24. The zero-order valence-corrected chi connectivity index (χ0v) is 17.7. The van der Waals surface area contributed by atoms with Gasteiger partial charge in [-0.15, -0.1) is 0 Å². The van der Waals surface area contributed by atoms with Gasteiger partial charge in [-0.3, -0.25) is 4.79 Å². The number of allylic oxidation sites excluding steroid dienone is 1. The lowest BCUT2D eigenvalue weighted by Gasteiger charge is -2.16. The first-order chi connectivity index (χ1) is 13.4. The van der Waals surface area contributed by atoms with Crippen LogP contribution in [0.1, 0.15) is 39.0 Å². The molecule has 0 heterocycles. The lowest BCUT2D eigenvalue weighted by Crippen LogP contribution is -2.29. The topological polar surface area (TPSA) is 89.7 Å². The lowest BCUT2D eigenvalue weighted by molar-refractivity contribution is -0.131. The molecule has 0 saturated heterocycles. The van der Waals surface area contributed by atoms with Crippen LogP contribution in [0.3, 0.4) is 0 Å². The van der Waals surface area contributed by atoms with Gasteiger partial charge in [-0.25, -0.2) is 8.42 Å². The van der Waals surface area contributed by atoms with Gasteiger partial charge in [0.1, 0.15) is 12.4 Å². The molecule has 1 fully saturated rings. The Morgan fingerprint density at radius 1 is 1.21 bits per heavy atom. The standard InChI is InChI=1S/C21H32N2O4S/c1-3-17(15-22)16-27-19-9-11-20(12-10-19)28(25,26)14-6-4-5-13-23(2)21(24)18-7-8-18/h3,9-12,18H,4-8,13-16,22H2,1-2H3/b17-3+. The van der Waals surface area contributed by atoms with E-state index in [0.29, 0.717) is 36.8 Å². The largest absolute Gasteiger partial charge is 0.489 e. The van der Waals surface area contributed by atoms with Gasteiger partial charge in [0.25, 0.3) is 0 Å². The molecule has 0 unspecified atom stereocenters. The van der Waals surface area contributed by atoms with Crippen molar-refractivity contribution < 1.29 is 17.9 Å². The van der Waals surface area contributed by atoms with Crippen LogP contribution in [-0.2, 0) is 14.6 Å². The van der Waals surface area contributed by atoms with E-state index in [0.717, 1.165) is 31.3 Å². The number of ether oxygens (including phenoxy) is 1. The van der Waals surface area contributed by atoms with Crippen molar-refractivity contribution in [3.63, 3.8) is 0 Å². The molecule has 2 N–H and O–H groups in total. The third-order valence-corrected chi connectivity index (χ3v) is 6.80. The normalized spacial score (nSPS) is 14.8. The number of hydrogen-bond acceptors (Lipinski definition) is 5. The van der Waals surface area contributed by atoms with E-state index < -0.39 is 9.84 Å². The highest BCUT2D eigenvalue weighted by atomic mass is 32.2. The van der Waals surface area contributed by atoms with Gasteiger partial charge in [0.05, 0.1) is 10.6 Å². The zero-order chi connectivity index (χ0) is 20.6. The van der Waals surface area contributed by atoms with Crippen LogP contribution in [0, 0.1) is 5.92 Å². The highest BCUT2D eigenvalue weighted by Crippen LogP contribution is 2.30. The van der Waals surface area contributed by atoms with E-state index in [1.165, 1.54) is 0 Å². The van der Waals surface area contributed by atoms with Gasteiger partial charge in [0, 0.05) is 26.1 Å². The number of sulfone groups is 1. The van der Waals surface area contributed by atoms with Crippen LogP contribution >= 0.6 is 0 Å². The van der Waals surface area contributed by atoms with E-state index in [9.17, 15) is 13.2 Å². The van der Waals surface area contributed by atoms with E-state index in [2.05, 4.69) is 0 Å². The third kappa shape index (κ3) is 6.95. The Bertz CT molecular complexity index is 768. The molecule has 1 aromatic carbocycles. The first-order valence-corrected chi connectivity index (χ1v) is 11.6. The molecule has 2 rings (SSSR count). The molecule has 28 heavy (non-hydrogen) atoms. The molecule has 6 nitrogen and oxygen atoms in total. The van der Waals surface area contributed by atoms with Crippen LogP contribution in [0.25, 0.3) is 0 Å². The Morgan fingerprint density at radius 2 is 1.89 bits per heavy atom. The van der Waals surface area contributed by atoms with Crippen molar-refractivity contribution in [1.29, 1.82) is 0 Å². The molecular weight excluding hydrogens is 376 g/mol. The van der Waals surface area contributed by atoms with Crippen molar-refractivity contribution in [2.45, 2.75) is 43.9 Å². The van der Waals surface area contributed by atoms with E-state index in [4.69, 9.17) is 10.5 Å². The molecule has 1 aliphatic rings. The molecule has 0 bridgehead atoms. The lowest BCUT2D eigenvalue weighted by atomic mass is 10.2. The summed E-state index contributed by atoms with van der Waals surface area (Å²) in [6.45, 7) is 3.44. The second-order valence-corrected chi connectivity index (χ2v) is 9.43. The summed E-state index contributed by atoms with van der Waals surface area (Å²) in [7, 11) is -1.48. The second kappa shape index (κ2) is 10.6. The summed E-state index contributed by atoms with van der Waals surface area (Å²) in [6, 6.07) is 6.53. The first-order valence-electron chi connectivity index (χ1n) is 9.92. The van der Waals surface area contributed by atoms with Crippen molar-refractivity contribution in [1.82, 2.24) is 4.90 Å². The van der Waals surface area contributed by atoms with Gasteiger partial charge >= 0.3 is 0 Å². The average Bonchev–Trinajstić information content (AvgIpc) is 3.53. The Hall–Kier alpha value is -1.86. The summed E-state index contributed by atoms with van der Waals surface area (Å²) in [5, 5.41) is 0. The van der Waals surface area contributed by atoms with Crippen molar-refractivity contribution >= 4 is 15.7 Å². The highest BCUT2D eigenvalue weighted by molar-refractivity contribution is 7.91. The summed E-state index contributed by atoms with van der Waals surface area (Å²) in [6.07, 6.45) is 6.13. The summed E-state index contributed by atoms with van der Waals surface area (Å²) >= 11 is 0. The fourth-order valence-electron chi connectivity index (χ4n) is 2.87. The predicted molar refractivity (Wildman–Crippen MR) is 111 cm³/mol. The molecule has 0 aromatic heterocycles. The van der Waals surface area contributed by atoms with E-state index >= 15 is 0 Å². The van der Waals surface area contributed by atoms with Gasteiger partial charge in [0.2, 0.25) is 5.91 Å². The number of unbranched alkanes of at least 4 members (excludes halogenated alkanes) is 2. The Balaban J connectivity index is 1.73. The number of hydrogen-bond donors (Lipinski definition) is 1. The molecule has 1 aliphatic carbocycles. The maximum Gasteiger partial charge on any atom is 0.225 e. The summed E-state index contributed by atoms with van der Waals surface area (Å²) < 4.78 is 30.6. The Kier molecular flexibility index (Phi) is 8.51. The van der Waals surface area contributed by atoms with Crippen LogP contribution < -0.4 is 10.5 Å². The number of rotatable bonds is 12. The third-order valence-electron chi connectivity index (χ3n) is 4.99. The van der Waals surface area contributed by atoms with Gasteiger partial charge in [0.15, 0.2) is 9.84 Å². The predicted octanol–water partition coefficient (Wildman–Crippen LogP) is 2.78. The zero-order valence-electron chi connectivity index (χ0n) is 16.9. The molecule has 1 amide bonds. The number of carbonyl (C=O) groups excluding carboxylic acids is 1. The van der Waals surface area contributed by atoms with Crippen LogP contribution in [0.5, 0.6) is 5.75 Å². The second-order valence-electron chi connectivity index (χ2n) is 7.32. The van der Waals surface area contributed by atoms with Crippen molar-refractivity contribution in [3.05, 3.63) is 35.9 Å². The van der Waals surface area contributed by atoms with Crippen LogP contribution in [0.4, 0.5) is 0 Å². The van der Waals surface area contributed by atoms with Crippen LogP contribution in [-0.4, -0.2) is 51.7 Å². The monoisotopic (exact) mass is 408 g/mol. The number of benzene rings is 1. The minimum absolute atomic E-state index is 0.114. The summed E-state index contributed by atoms with van der Waals surface area (Å²) in [5.41, 5.74) is 6.58. The Labute approximate surface area is 168 Å². The summed E-state index contributed by atoms with van der Waals surface area (Å²) in [4.78, 5) is 14.0. The first kappa shape index (κ1) is 22.4. The molecule has 156 valence electrons. The van der Waals surface area contributed by atoms with Crippen molar-refractivity contribution in [2.24, 2.45) is 11.7 Å². The molecule has 0 radical (unpaired) electrons. The van der Waals surface area contributed by atoms with E-state index in [1.807, 2.05) is 20.0 Å². The number of amides is 1. The van der Waals surface area contributed by atoms with Gasteiger partial charge < -0.3 is 15.4 Å².